The van der Waals surface area contributed by atoms with E-state index in [0.717, 1.165) is 22.5 Å². The monoisotopic (exact) mass is 300 g/mol. The van der Waals surface area contributed by atoms with Gasteiger partial charge in [0.15, 0.2) is 0 Å². The van der Waals surface area contributed by atoms with Gasteiger partial charge in [-0.3, -0.25) is 0 Å². The van der Waals surface area contributed by atoms with Gasteiger partial charge in [-0.25, -0.2) is 0 Å². The number of hydrogen-bond acceptors (Lipinski definition) is 6. The van der Waals surface area contributed by atoms with Gasteiger partial charge < -0.3 is 20.9 Å². The number of methoxy groups -OCH3 is 2. The molecule has 0 atom stereocenters. The minimum Gasteiger partial charge on any atom is -0.399 e. The maximum atomic E-state index is 5.79. The van der Waals surface area contributed by atoms with E-state index in [1.54, 1.807) is 26.4 Å². The Hall–Kier alpha value is -2.44. The highest BCUT2D eigenvalue weighted by atomic mass is 16.5. The standard InChI is InChI=1S/C16H20N4O2/c1-21-9-11-7-13(17)3-5-15(11)19-20-16-6-4-14(18)8-12(16)10-22-2/h3-8H,9-10,17-18H2,1-2H3/b20-19+. The van der Waals surface area contributed by atoms with Gasteiger partial charge in [-0.1, -0.05) is 0 Å². The lowest BCUT2D eigenvalue weighted by atomic mass is 10.1. The summed E-state index contributed by atoms with van der Waals surface area (Å²) in [4.78, 5) is 0. The van der Waals surface area contributed by atoms with Crippen LogP contribution >= 0.6 is 0 Å². The number of nitrogens with zero attached hydrogens (tertiary/aromatic N) is 2. The molecule has 0 saturated carbocycles. The van der Waals surface area contributed by atoms with Crippen LogP contribution in [0.15, 0.2) is 46.6 Å². The zero-order valence-electron chi connectivity index (χ0n) is 12.7. The number of ether oxygens (including phenoxy) is 2. The SMILES string of the molecule is COCc1cc(N)ccc1/N=N/c1ccc(N)cc1COC. The summed E-state index contributed by atoms with van der Waals surface area (Å²) in [5.74, 6) is 0. The smallest absolute Gasteiger partial charge is 0.0913 e. The summed E-state index contributed by atoms with van der Waals surface area (Å²) in [6.45, 7) is 0.845. The maximum Gasteiger partial charge on any atom is 0.0913 e. The second-order valence-electron chi connectivity index (χ2n) is 4.84. The number of benzene rings is 2. The molecule has 4 N–H and O–H groups in total. The number of rotatable bonds is 6. The number of nitrogen functional groups attached to an aromatic ring is 2. The molecule has 2 rings (SSSR count). The van der Waals surface area contributed by atoms with Crippen LogP contribution in [0.25, 0.3) is 0 Å². The fourth-order valence-corrected chi connectivity index (χ4v) is 2.06. The van der Waals surface area contributed by atoms with E-state index in [2.05, 4.69) is 10.2 Å². The van der Waals surface area contributed by atoms with Crippen molar-refractivity contribution in [2.75, 3.05) is 25.7 Å². The van der Waals surface area contributed by atoms with Crippen molar-refractivity contribution in [1.29, 1.82) is 0 Å². The van der Waals surface area contributed by atoms with Crippen molar-refractivity contribution in [3.63, 3.8) is 0 Å². The molecule has 0 bridgehead atoms. The van der Waals surface area contributed by atoms with Gasteiger partial charge in [0.05, 0.1) is 24.6 Å². The Morgan fingerprint density at radius 3 is 1.55 bits per heavy atom. The average Bonchev–Trinajstić information content (AvgIpc) is 2.49. The summed E-state index contributed by atoms with van der Waals surface area (Å²) in [7, 11) is 3.25. The number of anilines is 2. The van der Waals surface area contributed by atoms with E-state index >= 15 is 0 Å². The molecular weight excluding hydrogens is 280 g/mol. The minimum absolute atomic E-state index is 0.423. The molecule has 0 aromatic heterocycles. The lowest BCUT2D eigenvalue weighted by molar-refractivity contribution is 0.185. The van der Waals surface area contributed by atoms with E-state index in [0.29, 0.717) is 24.6 Å². The molecule has 0 aliphatic carbocycles. The zero-order chi connectivity index (χ0) is 15.9. The lowest BCUT2D eigenvalue weighted by Gasteiger charge is -2.07. The van der Waals surface area contributed by atoms with E-state index in [-0.39, 0.29) is 0 Å². The third-order valence-electron chi connectivity index (χ3n) is 3.07. The van der Waals surface area contributed by atoms with Crippen molar-refractivity contribution in [2.45, 2.75) is 13.2 Å². The van der Waals surface area contributed by atoms with Gasteiger partial charge in [-0.2, -0.15) is 10.2 Å². The van der Waals surface area contributed by atoms with Crippen molar-refractivity contribution in [3.05, 3.63) is 47.5 Å². The summed E-state index contributed by atoms with van der Waals surface area (Å²) in [6.07, 6.45) is 0. The number of hydrogen-bond donors (Lipinski definition) is 2. The summed E-state index contributed by atoms with van der Waals surface area (Å²) < 4.78 is 10.3. The molecule has 2 aromatic rings. The van der Waals surface area contributed by atoms with Crippen LogP contribution in [0.4, 0.5) is 22.7 Å². The molecule has 0 radical (unpaired) electrons. The topological polar surface area (TPSA) is 95.2 Å². The second-order valence-corrected chi connectivity index (χ2v) is 4.84. The van der Waals surface area contributed by atoms with E-state index in [1.807, 2.05) is 24.3 Å². The summed E-state index contributed by atoms with van der Waals surface area (Å²) >= 11 is 0. The Kier molecular flexibility index (Phi) is 5.46. The first-order valence-corrected chi connectivity index (χ1v) is 6.80. The minimum atomic E-state index is 0.423. The Balaban J connectivity index is 2.32. The third-order valence-corrected chi connectivity index (χ3v) is 3.07. The molecule has 2 aromatic carbocycles. The molecule has 0 saturated heterocycles. The van der Waals surface area contributed by atoms with E-state index < -0.39 is 0 Å². The molecule has 0 heterocycles. The molecular formula is C16H20N4O2. The van der Waals surface area contributed by atoms with Crippen molar-refractivity contribution in [2.24, 2.45) is 10.2 Å². The first-order chi connectivity index (χ1) is 10.6. The molecule has 116 valence electrons. The van der Waals surface area contributed by atoms with E-state index in [4.69, 9.17) is 20.9 Å². The predicted molar refractivity (Wildman–Crippen MR) is 87.3 cm³/mol. The molecule has 0 amide bonds. The Labute approximate surface area is 129 Å². The normalized spacial score (nSPS) is 11.2. The third kappa shape index (κ3) is 4.03. The average molecular weight is 300 g/mol. The van der Waals surface area contributed by atoms with Crippen LogP contribution in [-0.4, -0.2) is 14.2 Å². The van der Waals surface area contributed by atoms with Crippen LogP contribution in [0.3, 0.4) is 0 Å². The Bertz CT molecular complexity index is 614. The molecule has 0 fully saturated rings. The molecule has 0 aliphatic heterocycles. The maximum absolute atomic E-state index is 5.79. The fourth-order valence-electron chi connectivity index (χ4n) is 2.06. The molecule has 6 heteroatoms. The van der Waals surface area contributed by atoms with Gasteiger partial charge in [0, 0.05) is 36.7 Å². The van der Waals surface area contributed by atoms with Crippen LogP contribution in [0.5, 0.6) is 0 Å². The van der Waals surface area contributed by atoms with Gasteiger partial charge in [-0.15, -0.1) is 0 Å². The van der Waals surface area contributed by atoms with Gasteiger partial charge in [0.2, 0.25) is 0 Å². The van der Waals surface area contributed by atoms with Gasteiger partial charge in [0.1, 0.15) is 0 Å². The molecule has 0 spiro atoms. The van der Waals surface area contributed by atoms with Crippen LogP contribution in [0.2, 0.25) is 0 Å². The molecule has 22 heavy (non-hydrogen) atoms. The summed E-state index contributed by atoms with van der Waals surface area (Å²) in [5, 5.41) is 8.60. The summed E-state index contributed by atoms with van der Waals surface area (Å²) in [5.41, 5.74) is 16.1. The van der Waals surface area contributed by atoms with Crippen molar-refractivity contribution < 1.29 is 9.47 Å². The highest BCUT2D eigenvalue weighted by Crippen LogP contribution is 2.28. The van der Waals surface area contributed by atoms with Crippen molar-refractivity contribution >= 4 is 22.7 Å². The quantitative estimate of drug-likeness (QED) is 0.630. The van der Waals surface area contributed by atoms with Crippen LogP contribution < -0.4 is 11.5 Å². The molecule has 0 unspecified atom stereocenters. The van der Waals surface area contributed by atoms with Crippen LogP contribution in [-0.2, 0) is 22.7 Å². The Morgan fingerprint density at radius 2 is 1.18 bits per heavy atom. The highest BCUT2D eigenvalue weighted by Gasteiger charge is 2.05. The Morgan fingerprint density at radius 1 is 0.773 bits per heavy atom. The van der Waals surface area contributed by atoms with Gasteiger partial charge in [-0.05, 0) is 36.4 Å². The largest absolute Gasteiger partial charge is 0.399 e. The lowest BCUT2D eigenvalue weighted by Crippen LogP contribution is -1.92. The van der Waals surface area contributed by atoms with Crippen molar-refractivity contribution in [3.8, 4) is 0 Å². The first kappa shape index (κ1) is 15.9. The second kappa shape index (κ2) is 7.53. The number of nitrogens with two attached hydrogens (primary N) is 2. The predicted octanol–water partition coefficient (Wildman–Crippen LogP) is 3.56. The van der Waals surface area contributed by atoms with E-state index in [1.165, 1.54) is 0 Å². The van der Waals surface area contributed by atoms with Crippen LogP contribution in [0, 0.1) is 0 Å². The van der Waals surface area contributed by atoms with E-state index in [9.17, 15) is 0 Å². The highest BCUT2D eigenvalue weighted by molar-refractivity contribution is 5.56. The van der Waals surface area contributed by atoms with Crippen LogP contribution in [0.1, 0.15) is 11.1 Å². The number of azo groups is 1. The zero-order valence-corrected chi connectivity index (χ0v) is 12.7. The van der Waals surface area contributed by atoms with Gasteiger partial charge in [0.25, 0.3) is 0 Å². The fraction of sp³-hybridized carbons (Fsp3) is 0.250. The van der Waals surface area contributed by atoms with Crippen molar-refractivity contribution in [1.82, 2.24) is 0 Å². The molecule has 6 nitrogen and oxygen atoms in total. The molecule has 0 aliphatic rings. The first-order valence-electron chi connectivity index (χ1n) is 6.80. The van der Waals surface area contributed by atoms with Gasteiger partial charge >= 0.3 is 0 Å². The summed E-state index contributed by atoms with van der Waals surface area (Å²) in [6, 6.07) is 10.9.